The third-order valence-electron chi connectivity index (χ3n) is 4.79. The van der Waals surface area contributed by atoms with Crippen LogP contribution in [0.25, 0.3) is 0 Å². The molecule has 7 heteroatoms. The normalized spacial score (nSPS) is 26.2. The van der Waals surface area contributed by atoms with Crippen LogP contribution >= 0.6 is 11.6 Å². The summed E-state index contributed by atoms with van der Waals surface area (Å²) < 4.78 is 0. The van der Waals surface area contributed by atoms with E-state index in [0.717, 1.165) is 45.2 Å². The Labute approximate surface area is 141 Å². The van der Waals surface area contributed by atoms with Crippen LogP contribution in [0.5, 0.6) is 0 Å². The van der Waals surface area contributed by atoms with Gasteiger partial charge in [-0.25, -0.2) is 9.78 Å². The number of rotatable bonds is 3. The molecule has 1 aromatic heterocycles. The third-order valence-corrected chi connectivity index (χ3v) is 5.09. The molecule has 126 valence electrons. The Bertz CT molecular complexity index is 549. The first-order chi connectivity index (χ1) is 11.1. The zero-order chi connectivity index (χ0) is 16.2. The van der Waals surface area contributed by atoms with Crippen molar-refractivity contribution < 1.29 is 9.90 Å². The summed E-state index contributed by atoms with van der Waals surface area (Å²) in [5.41, 5.74) is 0.512. The Morgan fingerprint density at radius 1 is 1.30 bits per heavy atom. The van der Waals surface area contributed by atoms with Crippen LogP contribution in [-0.2, 0) is 0 Å². The minimum absolute atomic E-state index is 0.153. The maximum absolute atomic E-state index is 12.1. The lowest BCUT2D eigenvalue weighted by atomic mass is 10.0. The average Bonchev–Trinajstić information content (AvgIpc) is 2.96. The number of aliphatic hydroxyl groups is 1. The van der Waals surface area contributed by atoms with Gasteiger partial charge in [0, 0.05) is 31.4 Å². The van der Waals surface area contributed by atoms with Crippen LogP contribution in [0.4, 0.5) is 10.5 Å². The number of carbonyl (C=O) groups is 1. The lowest BCUT2D eigenvalue weighted by molar-refractivity contribution is 0.0537. The van der Waals surface area contributed by atoms with Gasteiger partial charge in [0.1, 0.15) is 0 Å². The molecule has 23 heavy (non-hydrogen) atoms. The summed E-state index contributed by atoms with van der Waals surface area (Å²) in [5.74, 6) is 0. The number of hydrogen-bond acceptors (Lipinski definition) is 4. The number of aromatic nitrogens is 1. The van der Waals surface area contributed by atoms with Crippen LogP contribution in [0, 0.1) is 0 Å². The van der Waals surface area contributed by atoms with Crippen LogP contribution in [0.2, 0.25) is 5.15 Å². The van der Waals surface area contributed by atoms with Crippen molar-refractivity contribution in [3.63, 3.8) is 0 Å². The van der Waals surface area contributed by atoms with Gasteiger partial charge in [-0.2, -0.15) is 0 Å². The number of piperidine rings is 1. The molecule has 3 N–H and O–H groups in total. The molecular weight excluding hydrogens is 316 g/mol. The van der Waals surface area contributed by atoms with Gasteiger partial charge in [0.2, 0.25) is 0 Å². The van der Waals surface area contributed by atoms with Crippen molar-refractivity contribution in [2.45, 2.75) is 50.3 Å². The van der Waals surface area contributed by atoms with Crippen molar-refractivity contribution in [3.8, 4) is 0 Å². The Morgan fingerprint density at radius 3 is 2.74 bits per heavy atom. The predicted octanol–water partition coefficient (Wildman–Crippen LogP) is 2.23. The molecule has 0 spiro atoms. The minimum atomic E-state index is -0.251. The van der Waals surface area contributed by atoms with E-state index >= 15 is 0 Å². The first-order valence-electron chi connectivity index (χ1n) is 8.23. The van der Waals surface area contributed by atoms with E-state index in [9.17, 15) is 9.90 Å². The van der Waals surface area contributed by atoms with Crippen LogP contribution < -0.4 is 10.6 Å². The highest BCUT2D eigenvalue weighted by atomic mass is 35.5. The molecule has 2 amide bonds. The van der Waals surface area contributed by atoms with E-state index in [0.29, 0.717) is 11.7 Å². The summed E-state index contributed by atoms with van der Waals surface area (Å²) in [6.45, 7) is 1.83. The number of hydrogen-bond donors (Lipinski definition) is 3. The third kappa shape index (κ3) is 4.13. The number of urea groups is 1. The van der Waals surface area contributed by atoms with Crippen LogP contribution in [0.1, 0.15) is 32.1 Å². The van der Waals surface area contributed by atoms with E-state index in [-0.39, 0.29) is 23.3 Å². The maximum Gasteiger partial charge on any atom is 0.319 e. The van der Waals surface area contributed by atoms with E-state index < -0.39 is 0 Å². The van der Waals surface area contributed by atoms with E-state index in [4.69, 9.17) is 11.6 Å². The summed E-state index contributed by atoms with van der Waals surface area (Å²) >= 11 is 5.93. The molecule has 1 aliphatic heterocycles. The fourth-order valence-electron chi connectivity index (χ4n) is 3.55. The minimum Gasteiger partial charge on any atom is -0.391 e. The van der Waals surface area contributed by atoms with Gasteiger partial charge in [-0.15, -0.1) is 0 Å². The highest BCUT2D eigenvalue weighted by molar-refractivity contribution is 6.32. The maximum atomic E-state index is 12.1. The first kappa shape index (κ1) is 16.5. The van der Waals surface area contributed by atoms with Crippen molar-refractivity contribution >= 4 is 23.3 Å². The standard InChI is InChI=1S/C16H23ClN4O2/c17-15-12(3-2-8-18-15)20-16(23)19-11-6-9-21(10-7-11)13-4-1-5-14(13)22/h2-3,8,11,13-14,22H,1,4-7,9-10H2,(H2,19,20,23)/t13-,14+/m1/s1. The monoisotopic (exact) mass is 338 g/mol. The molecule has 2 aliphatic rings. The first-order valence-corrected chi connectivity index (χ1v) is 8.61. The van der Waals surface area contributed by atoms with Gasteiger partial charge in [0.25, 0.3) is 0 Å². The predicted molar refractivity (Wildman–Crippen MR) is 89.6 cm³/mol. The number of carbonyl (C=O) groups excluding carboxylic acids is 1. The van der Waals surface area contributed by atoms with Gasteiger partial charge in [-0.3, -0.25) is 4.90 Å². The molecule has 1 saturated carbocycles. The Kier molecular flexibility index (Phi) is 5.35. The SMILES string of the molecule is O=C(Nc1cccnc1Cl)NC1CCN([C@@H]2CCC[C@@H]2O)CC1. The quantitative estimate of drug-likeness (QED) is 0.739. The van der Waals surface area contributed by atoms with Crippen molar-refractivity contribution in [1.29, 1.82) is 0 Å². The van der Waals surface area contributed by atoms with E-state index in [1.165, 1.54) is 0 Å². The highest BCUT2D eigenvalue weighted by Gasteiger charge is 2.33. The molecule has 2 heterocycles. The second-order valence-corrected chi connectivity index (χ2v) is 6.67. The fourth-order valence-corrected chi connectivity index (χ4v) is 3.71. The zero-order valence-electron chi connectivity index (χ0n) is 13.0. The number of nitrogens with one attached hydrogen (secondary N) is 2. The van der Waals surface area contributed by atoms with Gasteiger partial charge >= 0.3 is 6.03 Å². The van der Waals surface area contributed by atoms with Crippen LogP contribution in [-0.4, -0.2) is 52.3 Å². The molecule has 0 aromatic carbocycles. The molecule has 2 atom stereocenters. The van der Waals surface area contributed by atoms with Crippen molar-refractivity contribution in [2.24, 2.45) is 0 Å². The molecule has 2 fully saturated rings. The average molecular weight is 339 g/mol. The summed E-state index contributed by atoms with van der Waals surface area (Å²) in [4.78, 5) is 18.4. The van der Waals surface area contributed by atoms with Gasteiger partial charge in [-0.1, -0.05) is 11.6 Å². The Hall–Kier alpha value is -1.37. The second kappa shape index (κ2) is 7.47. The van der Waals surface area contributed by atoms with Gasteiger partial charge in [-0.05, 0) is 44.2 Å². The summed E-state index contributed by atoms with van der Waals surface area (Å²) in [6.07, 6.45) is 6.30. The van der Waals surface area contributed by atoms with Gasteiger partial charge in [0.15, 0.2) is 5.15 Å². The lowest BCUT2D eigenvalue weighted by Gasteiger charge is -2.37. The molecule has 3 rings (SSSR count). The number of likely N-dealkylation sites (tertiary alicyclic amines) is 1. The molecule has 1 aromatic rings. The van der Waals surface area contributed by atoms with Crippen molar-refractivity contribution in [1.82, 2.24) is 15.2 Å². The summed E-state index contributed by atoms with van der Waals surface area (Å²) in [5, 5.41) is 16.0. The van der Waals surface area contributed by atoms with Crippen molar-refractivity contribution in [2.75, 3.05) is 18.4 Å². The Balaban J connectivity index is 1.45. The van der Waals surface area contributed by atoms with Gasteiger partial charge < -0.3 is 15.7 Å². The molecule has 1 aliphatic carbocycles. The van der Waals surface area contributed by atoms with E-state index in [1.54, 1.807) is 18.3 Å². The number of pyridine rings is 1. The summed E-state index contributed by atoms with van der Waals surface area (Å²) in [6, 6.07) is 3.66. The topological polar surface area (TPSA) is 77.5 Å². The highest BCUT2D eigenvalue weighted by Crippen LogP contribution is 2.26. The van der Waals surface area contributed by atoms with E-state index in [2.05, 4.69) is 20.5 Å². The van der Waals surface area contributed by atoms with Gasteiger partial charge in [0.05, 0.1) is 11.8 Å². The summed E-state index contributed by atoms with van der Waals surface area (Å²) in [7, 11) is 0. The molecule has 0 radical (unpaired) electrons. The van der Waals surface area contributed by atoms with Crippen LogP contribution in [0.3, 0.4) is 0 Å². The van der Waals surface area contributed by atoms with E-state index in [1.807, 2.05) is 0 Å². The molecule has 6 nitrogen and oxygen atoms in total. The molecule has 0 unspecified atom stereocenters. The Morgan fingerprint density at radius 2 is 2.09 bits per heavy atom. The number of aliphatic hydroxyl groups excluding tert-OH is 1. The van der Waals surface area contributed by atoms with Crippen LogP contribution in [0.15, 0.2) is 18.3 Å². The zero-order valence-corrected chi connectivity index (χ0v) is 13.8. The number of halogens is 1. The largest absolute Gasteiger partial charge is 0.391 e. The molecule has 1 saturated heterocycles. The number of anilines is 1. The number of amides is 2. The lowest BCUT2D eigenvalue weighted by Crippen LogP contribution is -2.50. The smallest absolute Gasteiger partial charge is 0.319 e. The van der Waals surface area contributed by atoms with Crippen molar-refractivity contribution in [3.05, 3.63) is 23.5 Å². The number of nitrogens with zero attached hydrogens (tertiary/aromatic N) is 2. The fraction of sp³-hybridized carbons (Fsp3) is 0.625. The molecule has 0 bridgehead atoms. The second-order valence-electron chi connectivity index (χ2n) is 6.32. The molecular formula is C16H23ClN4O2.